The van der Waals surface area contributed by atoms with E-state index in [4.69, 9.17) is 34.8 Å². The van der Waals surface area contributed by atoms with Gasteiger partial charge in [0.2, 0.25) is 0 Å². The van der Waals surface area contributed by atoms with Crippen molar-refractivity contribution < 1.29 is 9.90 Å². The smallest absolute Gasteiger partial charge is 0.356 e. The predicted molar refractivity (Wildman–Crippen MR) is 89.6 cm³/mol. The van der Waals surface area contributed by atoms with E-state index >= 15 is 0 Å². The molecule has 0 fully saturated rings. The summed E-state index contributed by atoms with van der Waals surface area (Å²) in [5.74, 6) is -0.589. The molecule has 0 atom stereocenters. The standard InChI is InChI=1S/C15H10Cl3N3O2/c1-8-12(15(22)23)19-21(14(8)20-4-2-3-5-20)13-10(17)6-9(16)7-11(13)18/h2-7H,1H3,(H,22,23). The van der Waals surface area contributed by atoms with Crippen molar-refractivity contribution in [3.05, 3.63) is 63.0 Å². The van der Waals surface area contributed by atoms with Crippen molar-refractivity contribution in [1.29, 1.82) is 0 Å². The molecule has 3 aromatic rings. The molecule has 0 saturated heterocycles. The fraction of sp³-hybridized carbons (Fsp3) is 0.0667. The molecule has 0 amide bonds. The summed E-state index contributed by atoms with van der Waals surface area (Å²) in [6, 6.07) is 6.70. The Labute approximate surface area is 146 Å². The SMILES string of the molecule is Cc1c(C(=O)O)nn(-c2c(Cl)cc(Cl)cc2Cl)c1-n1cccc1. The Morgan fingerprint density at radius 2 is 1.70 bits per heavy atom. The molecule has 0 aliphatic heterocycles. The average molecular weight is 371 g/mol. The van der Waals surface area contributed by atoms with Gasteiger partial charge in [-0.1, -0.05) is 34.8 Å². The highest BCUT2D eigenvalue weighted by Crippen LogP contribution is 2.34. The molecule has 5 nitrogen and oxygen atoms in total. The van der Waals surface area contributed by atoms with Crippen molar-refractivity contribution in [1.82, 2.24) is 14.3 Å². The van der Waals surface area contributed by atoms with E-state index < -0.39 is 5.97 Å². The van der Waals surface area contributed by atoms with Crippen LogP contribution in [0.5, 0.6) is 0 Å². The number of carbonyl (C=O) groups is 1. The Morgan fingerprint density at radius 3 is 2.22 bits per heavy atom. The maximum atomic E-state index is 11.4. The van der Waals surface area contributed by atoms with Crippen LogP contribution in [0.4, 0.5) is 0 Å². The van der Waals surface area contributed by atoms with E-state index in [1.165, 1.54) is 16.8 Å². The van der Waals surface area contributed by atoms with Gasteiger partial charge in [0.25, 0.3) is 0 Å². The van der Waals surface area contributed by atoms with Gasteiger partial charge in [0, 0.05) is 23.0 Å². The quantitative estimate of drug-likeness (QED) is 0.731. The van der Waals surface area contributed by atoms with Gasteiger partial charge in [-0.25, -0.2) is 9.48 Å². The van der Waals surface area contributed by atoms with E-state index in [-0.39, 0.29) is 15.7 Å². The Bertz CT molecular complexity index is 878. The number of aromatic carboxylic acids is 1. The van der Waals surface area contributed by atoms with E-state index in [2.05, 4.69) is 5.10 Å². The van der Waals surface area contributed by atoms with Crippen molar-refractivity contribution in [3.63, 3.8) is 0 Å². The number of nitrogens with zero attached hydrogens (tertiary/aromatic N) is 3. The molecule has 2 heterocycles. The minimum absolute atomic E-state index is 0.0733. The number of carboxylic acids is 1. The van der Waals surface area contributed by atoms with Crippen molar-refractivity contribution in [2.75, 3.05) is 0 Å². The molecule has 8 heteroatoms. The normalized spacial score (nSPS) is 11.0. The Hall–Kier alpha value is -1.95. The van der Waals surface area contributed by atoms with Crippen LogP contribution in [-0.4, -0.2) is 25.4 Å². The third kappa shape index (κ3) is 2.72. The first-order valence-corrected chi connectivity index (χ1v) is 7.64. The summed E-state index contributed by atoms with van der Waals surface area (Å²) in [6.45, 7) is 1.68. The summed E-state index contributed by atoms with van der Waals surface area (Å²) in [5.41, 5.74) is 0.795. The van der Waals surface area contributed by atoms with E-state index in [0.29, 0.717) is 22.1 Å². The molecule has 0 radical (unpaired) electrons. The van der Waals surface area contributed by atoms with E-state index in [1.54, 1.807) is 23.9 Å². The Kier molecular flexibility index (Phi) is 4.10. The van der Waals surface area contributed by atoms with Crippen LogP contribution >= 0.6 is 34.8 Å². The first-order chi connectivity index (χ1) is 10.9. The number of halogens is 3. The van der Waals surface area contributed by atoms with Crippen LogP contribution in [0.3, 0.4) is 0 Å². The second kappa shape index (κ2) is 5.92. The number of benzene rings is 1. The zero-order valence-corrected chi connectivity index (χ0v) is 14.1. The fourth-order valence-electron chi connectivity index (χ4n) is 2.36. The molecule has 0 saturated carbocycles. The highest BCUT2D eigenvalue weighted by Gasteiger charge is 2.24. The highest BCUT2D eigenvalue weighted by molar-refractivity contribution is 6.40. The van der Waals surface area contributed by atoms with Gasteiger partial charge in [0.1, 0.15) is 11.5 Å². The third-order valence-corrected chi connectivity index (χ3v) is 4.13. The zero-order valence-electron chi connectivity index (χ0n) is 11.8. The summed E-state index contributed by atoms with van der Waals surface area (Å²) in [5, 5.41) is 14.5. The van der Waals surface area contributed by atoms with Crippen molar-refractivity contribution in [3.8, 4) is 11.5 Å². The van der Waals surface area contributed by atoms with Gasteiger partial charge in [0.15, 0.2) is 5.69 Å². The minimum atomic E-state index is -1.13. The van der Waals surface area contributed by atoms with Gasteiger partial charge in [-0.15, -0.1) is 0 Å². The van der Waals surface area contributed by atoms with E-state index in [0.717, 1.165) is 0 Å². The highest BCUT2D eigenvalue weighted by atomic mass is 35.5. The van der Waals surface area contributed by atoms with Crippen molar-refractivity contribution >= 4 is 40.8 Å². The van der Waals surface area contributed by atoms with Gasteiger partial charge in [-0.3, -0.25) is 0 Å². The summed E-state index contributed by atoms with van der Waals surface area (Å²) in [7, 11) is 0. The molecular weight excluding hydrogens is 361 g/mol. The summed E-state index contributed by atoms with van der Waals surface area (Å²) in [4.78, 5) is 11.4. The maximum Gasteiger partial charge on any atom is 0.356 e. The second-order valence-corrected chi connectivity index (χ2v) is 6.07. The molecule has 23 heavy (non-hydrogen) atoms. The van der Waals surface area contributed by atoms with Gasteiger partial charge in [0.05, 0.1) is 10.0 Å². The monoisotopic (exact) mass is 369 g/mol. The molecule has 3 rings (SSSR count). The number of aromatic nitrogens is 3. The van der Waals surface area contributed by atoms with Crippen molar-refractivity contribution in [2.45, 2.75) is 6.92 Å². The van der Waals surface area contributed by atoms with Crippen LogP contribution in [0.1, 0.15) is 16.1 Å². The Balaban J connectivity index is 2.36. The van der Waals surface area contributed by atoms with Gasteiger partial charge in [-0.2, -0.15) is 5.10 Å². The van der Waals surface area contributed by atoms with Crippen LogP contribution < -0.4 is 0 Å². The summed E-state index contributed by atoms with van der Waals surface area (Å²) in [6.07, 6.45) is 3.56. The molecule has 118 valence electrons. The van der Waals surface area contributed by atoms with E-state index in [1.807, 2.05) is 12.1 Å². The summed E-state index contributed by atoms with van der Waals surface area (Å²) >= 11 is 18.5. The number of carboxylic acid groups (broad SMARTS) is 1. The molecule has 0 unspecified atom stereocenters. The number of rotatable bonds is 3. The third-order valence-electron chi connectivity index (χ3n) is 3.34. The van der Waals surface area contributed by atoms with Crippen LogP contribution in [0.15, 0.2) is 36.7 Å². The topological polar surface area (TPSA) is 60.0 Å². The average Bonchev–Trinajstić information content (AvgIpc) is 3.05. The first kappa shape index (κ1) is 15.9. The second-order valence-electron chi connectivity index (χ2n) is 4.82. The molecular formula is C15H10Cl3N3O2. The molecule has 1 N–H and O–H groups in total. The lowest BCUT2D eigenvalue weighted by Gasteiger charge is -2.13. The zero-order chi connectivity index (χ0) is 16.7. The van der Waals surface area contributed by atoms with Crippen LogP contribution in [0.25, 0.3) is 11.5 Å². The number of hydrogen-bond donors (Lipinski definition) is 1. The molecule has 0 bridgehead atoms. The largest absolute Gasteiger partial charge is 0.476 e. The van der Waals surface area contributed by atoms with Crippen LogP contribution in [0.2, 0.25) is 15.1 Å². The van der Waals surface area contributed by atoms with Crippen LogP contribution in [0, 0.1) is 6.92 Å². The molecule has 0 aliphatic rings. The van der Waals surface area contributed by atoms with E-state index in [9.17, 15) is 9.90 Å². The molecule has 0 spiro atoms. The van der Waals surface area contributed by atoms with Gasteiger partial charge < -0.3 is 9.67 Å². The summed E-state index contributed by atoms with van der Waals surface area (Å²) < 4.78 is 3.16. The lowest BCUT2D eigenvalue weighted by molar-refractivity contribution is 0.0689. The number of hydrogen-bond acceptors (Lipinski definition) is 2. The molecule has 1 aromatic carbocycles. The lowest BCUT2D eigenvalue weighted by atomic mass is 10.2. The van der Waals surface area contributed by atoms with Gasteiger partial charge >= 0.3 is 5.97 Å². The predicted octanol–water partition coefficient (Wildman–Crippen LogP) is 4.63. The lowest BCUT2D eigenvalue weighted by Crippen LogP contribution is -2.06. The van der Waals surface area contributed by atoms with Crippen LogP contribution in [-0.2, 0) is 0 Å². The van der Waals surface area contributed by atoms with Crippen molar-refractivity contribution in [2.24, 2.45) is 0 Å². The fourth-order valence-corrected chi connectivity index (χ4v) is 3.34. The maximum absolute atomic E-state index is 11.4. The molecule has 2 aromatic heterocycles. The minimum Gasteiger partial charge on any atom is -0.476 e. The molecule has 0 aliphatic carbocycles. The Morgan fingerprint density at radius 1 is 1.13 bits per heavy atom. The van der Waals surface area contributed by atoms with Gasteiger partial charge in [-0.05, 0) is 31.2 Å². The first-order valence-electron chi connectivity index (χ1n) is 6.51.